The van der Waals surface area contributed by atoms with Crippen LogP contribution in [0.3, 0.4) is 0 Å². The minimum atomic E-state index is 0.521. The zero-order chi connectivity index (χ0) is 12.9. The molecular weight excluding hydrogens is 208 g/mol. The first-order valence-electron chi connectivity index (χ1n) is 7.41. The first-order chi connectivity index (χ1) is 8.03. The summed E-state index contributed by atoms with van der Waals surface area (Å²) >= 11 is 0. The van der Waals surface area contributed by atoms with Crippen LogP contribution in [0.5, 0.6) is 0 Å². The van der Waals surface area contributed by atoms with Gasteiger partial charge in [0.05, 0.1) is 0 Å². The van der Waals surface area contributed by atoms with Gasteiger partial charge in [-0.15, -0.1) is 0 Å². The predicted molar refractivity (Wildman–Crippen MR) is 76.4 cm³/mol. The molecule has 2 nitrogen and oxygen atoms in total. The van der Waals surface area contributed by atoms with E-state index in [1.165, 1.54) is 45.3 Å². The molecule has 2 atom stereocenters. The van der Waals surface area contributed by atoms with Crippen molar-refractivity contribution >= 4 is 0 Å². The van der Waals surface area contributed by atoms with Gasteiger partial charge in [-0.05, 0) is 51.6 Å². The Morgan fingerprint density at radius 1 is 1.41 bits per heavy atom. The highest BCUT2D eigenvalue weighted by atomic mass is 15.2. The maximum atomic E-state index is 3.44. The van der Waals surface area contributed by atoms with E-state index in [0.29, 0.717) is 11.5 Å². The monoisotopic (exact) mass is 240 g/mol. The zero-order valence-corrected chi connectivity index (χ0v) is 12.6. The molecule has 2 heteroatoms. The van der Waals surface area contributed by atoms with E-state index in [9.17, 15) is 0 Å². The van der Waals surface area contributed by atoms with Crippen molar-refractivity contribution in [2.24, 2.45) is 11.3 Å². The quantitative estimate of drug-likeness (QED) is 0.767. The first kappa shape index (κ1) is 15.0. The lowest BCUT2D eigenvalue weighted by Crippen LogP contribution is -2.48. The van der Waals surface area contributed by atoms with Crippen molar-refractivity contribution in [3.8, 4) is 0 Å². The molecule has 1 aliphatic carbocycles. The van der Waals surface area contributed by atoms with E-state index < -0.39 is 0 Å². The number of hydrogen-bond acceptors (Lipinski definition) is 2. The smallest absolute Gasteiger partial charge is 0.00528 e. The van der Waals surface area contributed by atoms with Crippen LogP contribution >= 0.6 is 0 Å². The highest BCUT2D eigenvalue weighted by Gasteiger charge is 2.36. The molecule has 0 bridgehead atoms. The van der Waals surface area contributed by atoms with Crippen LogP contribution in [-0.2, 0) is 0 Å². The predicted octanol–water partition coefficient (Wildman–Crippen LogP) is 3.13. The Morgan fingerprint density at radius 2 is 2.12 bits per heavy atom. The van der Waals surface area contributed by atoms with Gasteiger partial charge in [-0.1, -0.05) is 26.7 Å². The molecule has 0 aliphatic heterocycles. The maximum absolute atomic E-state index is 3.44. The van der Waals surface area contributed by atoms with Gasteiger partial charge < -0.3 is 10.2 Å². The van der Waals surface area contributed by atoms with Gasteiger partial charge >= 0.3 is 0 Å². The Balaban J connectivity index is 2.69. The third-order valence-corrected chi connectivity index (χ3v) is 4.41. The second-order valence-corrected chi connectivity index (χ2v) is 6.39. The van der Waals surface area contributed by atoms with Gasteiger partial charge in [0, 0.05) is 19.1 Å². The van der Waals surface area contributed by atoms with Gasteiger partial charge in [-0.25, -0.2) is 0 Å². The third-order valence-electron chi connectivity index (χ3n) is 4.41. The molecule has 0 radical (unpaired) electrons. The SMILES string of the molecule is CCN(CC1(CNC)CCCC(C)C1)C(C)C. The highest BCUT2D eigenvalue weighted by molar-refractivity contribution is 4.90. The maximum Gasteiger partial charge on any atom is 0.00528 e. The molecule has 17 heavy (non-hydrogen) atoms. The summed E-state index contributed by atoms with van der Waals surface area (Å²) in [4.78, 5) is 2.63. The van der Waals surface area contributed by atoms with Gasteiger partial charge in [-0.3, -0.25) is 0 Å². The fraction of sp³-hybridized carbons (Fsp3) is 1.00. The third kappa shape index (κ3) is 4.26. The van der Waals surface area contributed by atoms with Crippen LogP contribution in [-0.4, -0.2) is 37.6 Å². The first-order valence-corrected chi connectivity index (χ1v) is 7.41. The Kier molecular flexibility index (Phi) is 5.94. The Morgan fingerprint density at radius 3 is 2.59 bits per heavy atom. The molecule has 1 fully saturated rings. The number of rotatable bonds is 6. The van der Waals surface area contributed by atoms with Crippen LogP contribution in [0.15, 0.2) is 0 Å². The molecule has 1 N–H and O–H groups in total. The molecule has 0 aromatic carbocycles. The van der Waals surface area contributed by atoms with Crippen molar-refractivity contribution in [1.82, 2.24) is 10.2 Å². The largest absolute Gasteiger partial charge is 0.319 e. The van der Waals surface area contributed by atoms with Crippen molar-refractivity contribution in [2.45, 2.75) is 59.4 Å². The average Bonchev–Trinajstić information content (AvgIpc) is 2.26. The molecule has 0 spiro atoms. The van der Waals surface area contributed by atoms with E-state index in [1.807, 2.05) is 0 Å². The van der Waals surface area contributed by atoms with Gasteiger partial charge in [0.25, 0.3) is 0 Å². The second kappa shape index (κ2) is 6.75. The summed E-state index contributed by atoms with van der Waals surface area (Å²) in [5.41, 5.74) is 0.521. The number of hydrogen-bond donors (Lipinski definition) is 1. The Bertz CT molecular complexity index is 211. The summed E-state index contributed by atoms with van der Waals surface area (Å²) in [6.07, 6.45) is 5.65. The van der Waals surface area contributed by atoms with Crippen LogP contribution in [0.25, 0.3) is 0 Å². The molecule has 1 saturated carbocycles. The van der Waals surface area contributed by atoms with E-state index in [4.69, 9.17) is 0 Å². The van der Waals surface area contributed by atoms with Crippen LogP contribution in [0.4, 0.5) is 0 Å². The molecule has 0 saturated heterocycles. The molecule has 1 aliphatic rings. The van der Waals surface area contributed by atoms with Crippen molar-refractivity contribution in [2.75, 3.05) is 26.7 Å². The lowest BCUT2D eigenvalue weighted by Gasteiger charge is -2.44. The molecular formula is C15H32N2. The normalized spacial score (nSPS) is 30.2. The summed E-state index contributed by atoms with van der Waals surface area (Å²) in [5, 5.41) is 3.44. The van der Waals surface area contributed by atoms with Crippen LogP contribution < -0.4 is 5.32 Å². The van der Waals surface area contributed by atoms with Gasteiger partial charge in [-0.2, -0.15) is 0 Å². The number of nitrogens with one attached hydrogen (secondary N) is 1. The van der Waals surface area contributed by atoms with Crippen LogP contribution in [0.2, 0.25) is 0 Å². The fourth-order valence-electron chi connectivity index (χ4n) is 3.59. The van der Waals surface area contributed by atoms with E-state index in [-0.39, 0.29) is 0 Å². The van der Waals surface area contributed by atoms with E-state index in [2.05, 4.69) is 45.0 Å². The lowest BCUT2D eigenvalue weighted by atomic mass is 9.69. The molecule has 102 valence electrons. The fourth-order valence-corrected chi connectivity index (χ4v) is 3.59. The summed E-state index contributed by atoms with van der Waals surface area (Å²) in [6, 6.07) is 0.672. The molecule has 0 heterocycles. The summed E-state index contributed by atoms with van der Waals surface area (Å²) in [6.45, 7) is 13.0. The van der Waals surface area contributed by atoms with Gasteiger partial charge in [0.15, 0.2) is 0 Å². The molecule has 0 aromatic heterocycles. The highest BCUT2D eigenvalue weighted by Crippen LogP contribution is 2.39. The van der Waals surface area contributed by atoms with Gasteiger partial charge in [0.1, 0.15) is 0 Å². The lowest BCUT2D eigenvalue weighted by molar-refractivity contribution is 0.0695. The van der Waals surface area contributed by atoms with Crippen molar-refractivity contribution in [3.63, 3.8) is 0 Å². The van der Waals surface area contributed by atoms with E-state index in [1.54, 1.807) is 0 Å². The van der Waals surface area contributed by atoms with Gasteiger partial charge in [0.2, 0.25) is 0 Å². The Labute approximate surface area is 108 Å². The average molecular weight is 240 g/mol. The minimum Gasteiger partial charge on any atom is -0.319 e. The number of nitrogens with zero attached hydrogens (tertiary/aromatic N) is 1. The van der Waals surface area contributed by atoms with E-state index >= 15 is 0 Å². The van der Waals surface area contributed by atoms with Crippen LogP contribution in [0.1, 0.15) is 53.4 Å². The second-order valence-electron chi connectivity index (χ2n) is 6.39. The van der Waals surface area contributed by atoms with Crippen molar-refractivity contribution in [3.05, 3.63) is 0 Å². The Hall–Kier alpha value is -0.0800. The minimum absolute atomic E-state index is 0.521. The summed E-state index contributed by atoms with van der Waals surface area (Å²) < 4.78 is 0. The van der Waals surface area contributed by atoms with Crippen molar-refractivity contribution < 1.29 is 0 Å². The van der Waals surface area contributed by atoms with Crippen molar-refractivity contribution in [1.29, 1.82) is 0 Å². The summed E-state index contributed by atoms with van der Waals surface area (Å²) in [5.74, 6) is 0.906. The zero-order valence-electron chi connectivity index (χ0n) is 12.6. The topological polar surface area (TPSA) is 15.3 Å². The summed E-state index contributed by atoms with van der Waals surface area (Å²) in [7, 11) is 2.10. The standard InChI is InChI=1S/C15H32N2/c1-6-17(13(2)3)12-15(11-16-5)9-7-8-14(4)10-15/h13-14,16H,6-12H2,1-5H3. The molecule has 0 aromatic rings. The van der Waals surface area contributed by atoms with Crippen LogP contribution in [0, 0.1) is 11.3 Å². The molecule has 2 unspecified atom stereocenters. The molecule has 0 amide bonds. The van der Waals surface area contributed by atoms with E-state index in [0.717, 1.165) is 5.92 Å². The molecule has 1 rings (SSSR count).